The molecule has 2 rings (SSSR count). The first-order valence-corrected chi connectivity index (χ1v) is 6.49. The van der Waals surface area contributed by atoms with E-state index in [1.54, 1.807) is 25.6 Å². The van der Waals surface area contributed by atoms with Crippen molar-refractivity contribution >= 4 is 11.6 Å². The van der Waals surface area contributed by atoms with Crippen molar-refractivity contribution < 1.29 is 9.13 Å². The molecule has 0 amide bonds. The summed E-state index contributed by atoms with van der Waals surface area (Å²) in [6.45, 7) is 0. The topological polar surface area (TPSA) is 47.0 Å². The van der Waals surface area contributed by atoms with E-state index < -0.39 is 0 Å². The first-order valence-electron chi connectivity index (χ1n) is 6.11. The highest BCUT2D eigenvalue weighted by Gasteiger charge is 2.18. The number of hydrogen-bond donors (Lipinski definition) is 1. The molecule has 1 unspecified atom stereocenters. The maximum absolute atomic E-state index is 13.1. The third kappa shape index (κ3) is 3.23. The molecule has 1 N–H and O–H groups in total. The van der Waals surface area contributed by atoms with E-state index in [1.165, 1.54) is 12.1 Å². The lowest BCUT2D eigenvalue weighted by molar-refractivity contribution is 0.379. The Bertz CT molecular complexity index is 594. The molecular weight excluding hydrogens is 281 g/mol. The molecule has 1 aromatic carbocycles. The Morgan fingerprint density at radius 3 is 2.75 bits per heavy atom. The predicted octanol–water partition coefficient (Wildman–Crippen LogP) is 2.78. The van der Waals surface area contributed by atoms with Gasteiger partial charge in [-0.15, -0.1) is 0 Å². The second kappa shape index (κ2) is 6.63. The fraction of sp³-hybridized carbons (Fsp3) is 0.286. The van der Waals surface area contributed by atoms with E-state index in [-0.39, 0.29) is 11.9 Å². The van der Waals surface area contributed by atoms with Crippen LogP contribution < -0.4 is 10.1 Å². The molecule has 0 aliphatic carbocycles. The Kier molecular flexibility index (Phi) is 4.87. The summed E-state index contributed by atoms with van der Waals surface area (Å²) in [7, 11) is 3.36. The lowest BCUT2D eigenvalue weighted by Gasteiger charge is -2.18. The minimum Gasteiger partial charge on any atom is -0.480 e. The van der Waals surface area contributed by atoms with E-state index in [0.717, 1.165) is 5.56 Å². The zero-order valence-electron chi connectivity index (χ0n) is 11.2. The maximum atomic E-state index is 13.1. The van der Waals surface area contributed by atoms with Crippen molar-refractivity contribution in [1.82, 2.24) is 15.3 Å². The monoisotopic (exact) mass is 295 g/mol. The first-order chi connectivity index (χ1) is 9.65. The van der Waals surface area contributed by atoms with E-state index in [1.807, 2.05) is 7.05 Å². The first kappa shape index (κ1) is 14.7. The van der Waals surface area contributed by atoms with Crippen molar-refractivity contribution in [2.45, 2.75) is 12.5 Å². The van der Waals surface area contributed by atoms with E-state index in [0.29, 0.717) is 23.0 Å². The van der Waals surface area contributed by atoms with Crippen LogP contribution in [0.5, 0.6) is 5.88 Å². The minimum atomic E-state index is -0.350. The van der Waals surface area contributed by atoms with Gasteiger partial charge < -0.3 is 10.1 Å². The van der Waals surface area contributed by atoms with Gasteiger partial charge in [0.05, 0.1) is 13.2 Å². The molecule has 20 heavy (non-hydrogen) atoms. The second-order valence-electron chi connectivity index (χ2n) is 4.23. The molecule has 0 saturated heterocycles. The Balaban J connectivity index is 2.29. The van der Waals surface area contributed by atoms with Crippen molar-refractivity contribution in [2.75, 3.05) is 14.2 Å². The molecule has 0 aliphatic rings. The highest BCUT2D eigenvalue weighted by molar-refractivity contribution is 6.31. The lowest BCUT2D eigenvalue weighted by atomic mass is 10.0. The third-order valence-electron chi connectivity index (χ3n) is 3.00. The number of aromatic nitrogens is 2. The Morgan fingerprint density at radius 2 is 2.10 bits per heavy atom. The Hall–Kier alpha value is -1.72. The number of rotatable bonds is 5. The van der Waals surface area contributed by atoms with Crippen LogP contribution in [0.3, 0.4) is 0 Å². The molecule has 2 aromatic rings. The van der Waals surface area contributed by atoms with Crippen LogP contribution in [-0.2, 0) is 6.42 Å². The fourth-order valence-electron chi connectivity index (χ4n) is 1.97. The Morgan fingerprint density at radius 1 is 1.35 bits per heavy atom. The molecule has 1 aromatic heterocycles. The summed E-state index contributed by atoms with van der Waals surface area (Å²) in [6.07, 6.45) is 3.74. The Labute approximate surface area is 122 Å². The molecular formula is C14H15ClFN3O. The normalized spacial score (nSPS) is 12.2. The van der Waals surface area contributed by atoms with Gasteiger partial charge in [-0.3, -0.25) is 4.98 Å². The van der Waals surface area contributed by atoms with Gasteiger partial charge in [0.15, 0.2) is 0 Å². The number of nitrogens with one attached hydrogen (secondary N) is 1. The highest BCUT2D eigenvalue weighted by atomic mass is 35.5. The van der Waals surface area contributed by atoms with Crippen molar-refractivity contribution in [3.8, 4) is 5.88 Å². The van der Waals surface area contributed by atoms with Gasteiger partial charge in [0.25, 0.3) is 0 Å². The molecule has 106 valence electrons. The van der Waals surface area contributed by atoms with Crippen LogP contribution in [0.2, 0.25) is 5.02 Å². The summed E-state index contributed by atoms with van der Waals surface area (Å²) in [5, 5.41) is 3.54. The number of likely N-dealkylation sites (N-methyl/N-ethyl adjacent to an activating group) is 1. The summed E-state index contributed by atoms with van der Waals surface area (Å²) in [6, 6.07) is 4.24. The summed E-state index contributed by atoms with van der Waals surface area (Å²) in [5.74, 6) is 0.113. The van der Waals surface area contributed by atoms with Gasteiger partial charge in [-0.1, -0.05) is 17.7 Å². The van der Waals surface area contributed by atoms with Gasteiger partial charge in [-0.2, -0.15) is 0 Å². The number of benzene rings is 1. The molecule has 1 atom stereocenters. The molecule has 0 aliphatic heterocycles. The van der Waals surface area contributed by atoms with Crippen molar-refractivity contribution in [3.63, 3.8) is 0 Å². The second-order valence-corrected chi connectivity index (χ2v) is 4.64. The van der Waals surface area contributed by atoms with E-state index >= 15 is 0 Å². The van der Waals surface area contributed by atoms with Gasteiger partial charge in [0.2, 0.25) is 5.88 Å². The van der Waals surface area contributed by atoms with Gasteiger partial charge in [-0.05, 0) is 31.2 Å². The van der Waals surface area contributed by atoms with Gasteiger partial charge >= 0.3 is 0 Å². The summed E-state index contributed by atoms with van der Waals surface area (Å²) < 4.78 is 18.3. The van der Waals surface area contributed by atoms with Crippen molar-refractivity contribution in [1.29, 1.82) is 0 Å². The molecule has 0 spiro atoms. The quantitative estimate of drug-likeness (QED) is 0.921. The number of halogens is 2. The molecule has 1 heterocycles. The van der Waals surface area contributed by atoms with Crippen LogP contribution in [0.15, 0.2) is 30.6 Å². The maximum Gasteiger partial charge on any atom is 0.237 e. The number of hydrogen-bond acceptors (Lipinski definition) is 4. The molecule has 0 bridgehead atoms. The fourth-order valence-corrected chi connectivity index (χ4v) is 2.22. The standard InChI is InChI=1S/C14H15ClFN3O/c1-17-12(13-14(20-2)19-6-5-18-13)7-9-3-4-10(16)8-11(9)15/h3-6,8,12,17H,7H2,1-2H3. The SMILES string of the molecule is CNC(Cc1ccc(F)cc1Cl)c1nccnc1OC. The zero-order valence-corrected chi connectivity index (χ0v) is 12.0. The van der Waals surface area contributed by atoms with Crippen LogP contribution in [0.4, 0.5) is 4.39 Å². The van der Waals surface area contributed by atoms with Crippen LogP contribution >= 0.6 is 11.6 Å². The largest absolute Gasteiger partial charge is 0.480 e. The summed E-state index contributed by atoms with van der Waals surface area (Å²) in [5.41, 5.74) is 1.53. The lowest BCUT2D eigenvalue weighted by Crippen LogP contribution is -2.21. The van der Waals surface area contributed by atoms with Crippen LogP contribution in [0, 0.1) is 5.82 Å². The summed E-state index contributed by atoms with van der Waals surface area (Å²) in [4.78, 5) is 8.42. The van der Waals surface area contributed by atoms with Gasteiger partial charge in [0.1, 0.15) is 11.5 Å². The molecule has 0 saturated carbocycles. The van der Waals surface area contributed by atoms with Crippen LogP contribution in [0.25, 0.3) is 0 Å². The van der Waals surface area contributed by atoms with E-state index in [9.17, 15) is 4.39 Å². The summed E-state index contributed by atoms with van der Waals surface area (Å²) >= 11 is 6.06. The molecule has 4 nitrogen and oxygen atoms in total. The number of nitrogens with zero attached hydrogens (tertiary/aromatic N) is 2. The highest BCUT2D eigenvalue weighted by Crippen LogP contribution is 2.26. The molecule has 0 fully saturated rings. The zero-order chi connectivity index (χ0) is 14.5. The number of methoxy groups -OCH3 is 1. The van der Waals surface area contributed by atoms with Crippen LogP contribution in [-0.4, -0.2) is 24.1 Å². The third-order valence-corrected chi connectivity index (χ3v) is 3.35. The van der Waals surface area contributed by atoms with Crippen LogP contribution in [0.1, 0.15) is 17.3 Å². The predicted molar refractivity (Wildman–Crippen MR) is 75.5 cm³/mol. The van der Waals surface area contributed by atoms with Crippen molar-refractivity contribution in [2.24, 2.45) is 0 Å². The van der Waals surface area contributed by atoms with Gasteiger partial charge in [0, 0.05) is 17.4 Å². The minimum absolute atomic E-state index is 0.124. The smallest absolute Gasteiger partial charge is 0.237 e. The average Bonchev–Trinajstić information content (AvgIpc) is 2.46. The molecule has 0 radical (unpaired) electrons. The van der Waals surface area contributed by atoms with Gasteiger partial charge in [-0.25, -0.2) is 9.37 Å². The van der Waals surface area contributed by atoms with E-state index in [2.05, 4.69) is 15.3 Å². The number of ether oxygens (including phenoxy) is 1. The van der Waals surface area contributed by atoms with Crippen molar-refractivity contribution in [3.05, 3.63) is 52.7 Å². The average molecular weight is 296 g/mol. The molecule has 6 heteroatoms. The van der Waals surface area contributed by atoms with E-state index in [4.69, 9.17) is 16.3 Å².